The van der Waals surface area contributed by atoms with Crippen molar-refractivity contribution in [1.82, 2.24) is 39.2 Å². The third-order valence-corrected chi connectivity index (χ3v) is 13.6. The van der Waals surface area contributed by atoms with E-state index in [-0.39, 0.29) is 59.6 Å². The van der Waals surface area contributed by atoms with E-state index in [0.717, 1.165) is 181 Å². The molecule has 4 saturated heterocycles. The fourth-order valence-corrected chi connectivity index (χ4v) is 10.4. The number of nitrogens with zero attached hydrogens (tertiary/aromatic N) is 10. The van der Waals surface area contributed by atoms with E-state index in [9.17, 15) is 34.5 Å². The van der Waals surface area contributed by atoms with E-state index in [2.05, 4.69) is 74.0 Å². The second-order valence-corrected chi connectivity index (χ2v) is 19.4. The first kappa shape index (κ1) is 60.5. The van der Waals surface area contributed by atoms with Crippen LogP contribution in [0.2, 0.25) is 0 Å². The van der Waals surface area contributed by atoms with Crippen molar-refractivity contribution < 1.29 is 79.2 Å². The first-order chi connectivity index (χ1) is 34.0. The number of carbonyl (C=O) groups excluding carboxylic acids is 1. The number of aliphatic imine (C=N–C) groups is 2. The number of fused-ring (bicyclic) bond motifs is 8. The van der Waals surface area contributed by atoms with Crippen molar-refractivity contribution in [3.05, 3.63) is 59.7 Å². The molecule has 2 aromatic carbocycles. The fraction of sp³-hybridized carbons (Fsp3) is 0.640. The average molecular weight is 1160 g/mol. The van der Waals surface area contributed by atoms with Crippen LogP contribution in [0.25, 0.3) is 0 Å². The summed E-state index contributed by atoms with van der Waals surface area (Å²) < 4.78 is 5.06. The molecule has 0 aromatic heterocycles. The Morgan fingerprint density at radius 1 is 0.507 bits per heavy atom. The van der Waals surface area contributed by atoms with E-state index in [1.165, 1.54) is 11.1 Å². The van der Waals surface area contributed by atoms with Crippen LogP contribution in [-0.2, 0) is 36.8 Å². The molecule has 392 valence electrons. The van der Waals surface area contributed by atoms with Crippen LogP contribution in [0.5, 0.6) is 0 Å². The minimum atomic E-state index is -0.784. The number of carboxylic acids is 3. The third kappa shape index (κ3) is 24.7. The van der Waals surface area contributed by atoms with E-state index in [1.807, 2.05) is 34.1 Å². The number of ether oxygens (including phenoxy) is 1. The van der Waals surface area contributed by atoms with Gasteiger partial charge in [-0.3, -0.25) is 38.8 Å². The molecule has 6 rings (SSSR count). The van der Waals surface area contributed by atoms with Crippen molar-refractivity contribution >= 4 is 70.5 Å². The summed E-state index contributed by atoms with van der Waals surface area (Å²) >= 11 is 9.42. The first-order valence-electron chi connectivity index (χ1n) is 24.8. The Morgan fingerprint density at radius 3 is 1.11 bits per heavy atom. The van der Waals surface area contributed by atoms with Gasteiger partial charge in [0, 0.05) is 145 Å². The SMILES string of the molecule is O=C(O)CN1CCCN2CCN(CC(=O)O)CCCN(CC1)CC(Cc1ccc(N=C=S)cc1)C2.O=COCN1CCCN2CCN(CC(=O)O)CCCN(CC1)CC(Cc1ccc(N=C=S)cc1)C2.[Gd]. The number of carboxylic acid groups (broad SMARTS) is 3. The predicted molar refractivity (Wildman–Crippen MR) is 277 cm³/mol. The van der Waals surface area contributed by atoms with Crippen molar-refractivity contribution in [2.45, 2.75) is 38.5 Å². The monoisotopic (exact) mass is 1160 g/mol. The summed E-state index contributed by atoms with van der Waals surface area (Å²) in [5, 5.41) is 32.9. The molecular formula is C50H74GdN10O8S2. The Balaban J connectivity index is 0.000000304. The minimum Gasteiger partial charge on any atom is -0.480 e. The third-order valence-electron chi connectivity index (χ3n) is 13.5. The van der Waals surface area contributed by atoms with Gasteiger partial charge >= 0.3 is 17.9 Å². The summed E-state index contributed by atoms with van der Waals surface area (Å²) in [4.78, 5) is 71.2. The number of isothiocyanates is 2. The molecule has 0 spiro atoms. The molecule has 5 atom stereocenters. The maximum Gasteiger partial charge on any atom is 0.317 e. The molecule has 21 heteroatoms. The van der Waals surface area contributed by atoms with Crippen LogP contribution in [0.15, 0.2) is 58.5 Å². The van der Waals surface area contributed by atoms with Gasteiger partial charge in [-0.05, 0) is 136 Å². The number of hydrogen-bond donors (Lipinski definition) is 3. The summed E-state index contributed by atoms with van der Waals surface area (Å²) in [6.07, 6.45) is 5.58. The summed E-state index contributed by atoms with van der Waals surface area (Å²) in [6.45, 7) is 18.0. The smallest absolute Gasteiger partial charge is 0.317 e. The molecule has 18 nitrogen and oxygen atoms in total. The molecule has 2 aromatic rings. The van der Waals surface area contributed by atoms with Crippen LogP contribution in [0.1, 0.15) is 36.8 Å². The van der Waals surface area contributed by atoms with Gasteiger partial charge in [-0.25, -0.2) is 0 Å². The largest absolute Gasteiger partial charge is 0.480 e. The topological polar surface area (TPSA) is 189 Å². The van der Waals surface area contributed by atoms with Crippen molar-refractivity contribution in [2.24, 2.45) is 21.8 Å². The van der Waals surface area contributed by atoms with Gasteiger partial charge in [0.2, 0.25) is 0 Å². The molecule has 4 aliphatic heterocycles. The van der Waals surface area contributed by atoms with Crippen molar-refractivity contribution in [2.75, 3.05) is 157 Å². The zero-order valence-corrected chi connectivity index (χ0v) is 45.0. The molecule has 71 heavy (non-hydrogen) atoms. The zero-order valence-electron chi connectivity index (χ0n) is 41.1. The number of carbonyl (C=O) groups is 4. The molecule has 0 aliphatic carbocycles. The Morgan fingerprint density at radius 2 is 0.817 bits per heavy atom. The molecular weight excluding hydrogens is 1090 g/mol. The number of thiocarbonyl (C=S) groups is 2. The number of hydrogen-bond acceptors (Lipinski definition) is 17. The van der Waals surface area contributed by atoms with Crippen LogP contribution < -0.4 is 0 Å². The van der Waals surface area contributed by atoms with E-state index < -0.39 is 17.9 Å². The van der Waals surface area contributed by atoms with Crippen LogP contribution in [0.3, 0.4) is 0 Å². The van der Waals surface area contributed by atoms with Gasteiger partial charge in [0.15, 0.2) is 0 Å². The van der Waals surface area contributed by atoms with Crippen molar-refractivity contribution in [1.29, 1.82) is 0 Å². The molecule has 4 aliphatic rings. The molecule has 3 N–H and O–H groups in total. The van der Waals surface area contributed by atoms with Gasteiger partial charge < -0.3 is 39.7 Å². The van der Waals surface area contributed by atoms with Gasteiger partial charge in [0.1, 0.15) is 6.73 Å². The van der Waals surface area contributed by atoms with Crippen LogP contribution in [0.4, 0.5) is 11.4 Å². The summed E-state index contributed by atoms with van der Waals surface area (Å²) in [7, 11) is 0. The van der Waals surface area contributed by atoms with Crippen LogP contribution in [-0.4, -0.2) is 246 Å². The van der Waals surface area contributed by atoms with E-state index in [1.54, 1.807) is 0 Å². The molecule has 4 heterocycles. The molecule has 5 unspecified atom stereocenters. The zero-order chi connectivity index (χ0) is 49.9. The number of aliphatic carboxylic acids is 3. The summed E-state index contributed by atoms with van der Waals surface area (Å²) in [5.41, 5.74) is 4.15. The average Bonchev–Trinajstić information content (AvgIpc) is 3.42. The Kier molecular flexibility index (Phi) is 29.3. The van der Waals surface area contributed by atoms with Crippen molar-refractivity contribution in [3.63, 3.8) is 0 Å². The first-order valence-corrected chi connectivity index (χ1v) is 25.6. The summed E-state index contributed by atoms with van der Waals surface area (Å²) in [6, 6.07) is 16.4. The molecule has 4 bridgehead atoms. The fourth-order valence-electron chi connectivity index (χ4n) is 10.2. The Bertz CT molecular complexity index is 1980. The van der Waals surface area contributed by atoms with E-state index in [4.69, 9.17) is 29.2 Å². The van der Waals surface area contributed by atoms with Gasteiger partial charge in [-0.15, -0.1) is 0 Å². The van der Waals surface area contributed by atoms with Gasteiger partial charge in [-0.2, -0.15) is 9.98 Å². The minimum absolute atomic E-state index is 0. The maximum absolute atomic E-state index is 11.4. The van der Waals surface area contributed by atoms with Gasteiger partial charge in [0.05, 0.1) is 41.3 Å². The predicted octanol–water partition coefficient (Wildman–Crippen LogP) is 3.57. The Labute approximate surface area is 462 Å². The Hall–Kier alpha value is -3.08. The normalized spacial score (nSPS) is 24.8. The van der Waals surface area contributed by atoms with Gasteiger partial charge in [-0.1, -0.05) is 24.3 Å². The standard InChI is InChI=1S/2C25H37N5O4S.Gd/c31-24(32)18-29-9-1-7-27-11-14-30(19-25(33)34)10-2-8-28(12-13-29)17-22(16-27)15-21-3-5-23(6-4-21)26-20-35;31-21-34-20-30-10-2-8-27-11-12-29(18-25(32)33)9-1-7-28(13-14-30)17-23(16-27)15-22-3-5-24(6-4-22)26-19-35;/h3-6,22H,1-2,7-19H2,(H,31,32)(H,33,34);3-6,21,23H,1-2,7-18,20H2,(H,32,33);. The van der Waals surface area contributed by atoms with Crippen LogP contribution in [0, 0.1) is 51.8 Å². The second-order valence-electron chi connectivity index (χ2n) is 19.0. The van der Waals surface area contributed by atoms with E-state index >= 15 is 0 Å². The molecule has 0 radical (unpaired) electrons. The van der Waals surface area contributed by atoms with Crippen LogP contribution >= 0.6 is 24.4 Å². The molecule has 0 amide bonds. The maximum atomic E-state index is 11.4. The second kappa shape index (κ2) is 34.4. The van der Waals surface area contributed by atoms with Gasteiger partial charge in [0.25, 0.3) is 6.47 Å². The summed E-state index contributed by atoms with van der Waals surface area (Å²) in [5.74, 6) is -1.49. The van der Waals surface area contributed by atoms with E-state index in [0.29, 0.717) is 25.0 Å². The molecule has 4 fully saturated rings. The number of rotatable bonds is 15. The quantitative estimate of drug-likeness (QED) is 0.133. The number of benzene rings is 2. The molecule has 0 saturated carbocycles. The van der Waals surface area contributed by atoms with Crippen molar-refractivity contribution in [3.8, 4) is 0 Å².